The molecule has 104 valence electrons. The van der Waals surface area contributed by atoms with Gasteiger partial charge >= 0.3 is 0 Å². The molecular weight excluding hydrogens is 246 g/mol. The Morgan fingerprint density at radius 3 is 2.65 bits per heavy atom. The molecule has 0 saturated heterocycles. The second-order valence-electron chi connectivity index (χ2n) is 5.58. The molecule has 2 nitrogen and oxygen atoms in total. The van der Waals surface area contributed by atoms with Gasteiger partial charge in [-0.05, 0) is 49.1 Å². The molecule has 3 rings (SSSR count). The van der Waals surface area contributed by atoms with Crippen molar-refractivity contribution in [3.63, 3.8) is 0 Å². The van der Waals surface area contributed by atoms with Gasteiger partial charge in [0.05, 0.1) is 12.1 Å². The molecule has 1 heterocycles. The molecule has 0 spiro atoms. The summed E-state index contributed by atoms with van der Waals surface area (Å²) in [5.74, 6) is 0.961. The fourth-order valence-electron chi connectivity index (χ4n) is 2.82. The van der Waals surface area contributed by atoms with Gasteiger partial charge in [-0.25, -0.2) is 0 Å². The van der Waals surface area contributed by atoms with Crippen molar-refractivity contribution >= 4 is 0 Å². The molecule has 2 aromatic rings. The summed E-state index contributed by atoms with van der Waals surface area (Å²) >= 11 is 0. The van der Waals surface area contributed by atoms with E-state index < -0.39 is 0 Å². The monoisotopic (exact) mass is 267 g/mol. The Balaban J connectivity index is 1.98. The zero-order valence-corrected chi connectivity index (χ0v) is 12.1. The minimum atomic E-state index is 0.208. The second kappa shape index (κ2) is 5.68. The molecule has 2 aromatic carbocycles. The van der Waals surface area contributed by atoms with Crippen LogP contribution in [0.1, 0.15) is 36.6 Å². The van der Waals surface area contributed by atoms with Crippen LogP contribution in [-0.4, -0.2) is 12.6 Å². The molecule has 1 atom stereocenters. The lowest BCUT2D eigenvalue weighted by molar-refractivity contribution is 0.242. The van der Waals surface area contributed by atoms with Crippen LogP contribution in [0.2, 0.25) is 0 Å². The van der Waals surface area contributed by atoms with E-state index in [1.807, 2.05) is 0 Å². The van der Waals surface area contributed by atoms with Crippen LogP contribution in [0.4, 0.5) is 0 Å². The first-order chi connectivity index (χ1) is 9.74. The van der Waals surface area contributed by atoms with E-state index in [2.05, 4.69) is 67.7 Å². The lowest BCUT2D eigenvalue weighted by Crippen LogP contribution is -2.30. The minimum Gasteiger partial charge on any atom is -0.491 e. The number of fused-ring (bicyclic) bond motifs is 1. The second-order valence-corrected chi connectivity index (χ2v) is 5.58. The summed E-state index contributed by atoms with van der Waals surface area (Å²) in [6.07, 6.45) is 1.29. The third-order valence-electron chi connectivity index (χ3n) is 3.68. The highest BCUT2D eigenvalue weighted by Crippen LogP contribution is 2.31. The van der Waals surface area contributed by atoms with Crippen LogP contribution >= 0.6 is 0 Å². The van der Waals surface area contributed by atoms with Crippen molar-refractivity contribution in [1.82, 2.24) is 5.32 Å². The van der Waals surface area contributed by atoms with E-state index in [1.165, 1.54) is 16.7 Å². The van der Waals surface area contributed by atoms with Gasteiger partial charge in [0, 0.05) is 6.54 Å². The Hall–Kier alpha value is -1.80. The number of nitrogens with one attached hydrogen (secondary N) is 1. The van der Waals surface area contributed by atoms with Crippen LogP contribution in [0.25, 0.3) is 0 Å². The maximum atomic E-state index is 5.84. The van der Waals surface area contributed by atoms with Gasteiger partial charge in [0.2, 0.25) is 0 Å². The van der Waals surface area contributed by atoms with Crippen molar-refractivity contribution in [2.45, 2.75) is 32.4 Å². The molecule has 20 heavy (non-hydrogen) atoms. The lowest BCUT2D eigenvalue weighted by atomic mass is 9.90. The molecule has 0 fully saturated rings. The summed E-state index contributed by atoms with van der Waals surface area (Å²) in [6, 6.07) is 17.4. The fraction of sp³-hybridized carbons (Fsp3) is 0.333. The highest BCUT2D eigenvalue weighted by molar-refractivity contribution is 5.43. The van der Waals surface area contributed by atoms with Gasteiger partial charge in [0.15, 0.2) is 0 Å². The molecular formula is C18H21NO. The summed E-state index contributed by atoms with van der Waals surface area (Å²) in [5.41, 5.74) is 4.09. The van der Waals surface area contributed by atoms with Crippen LogP contribution < -0.4 is 10.1 Å². The highest BCUT2D eigenvalue weighted by atomic mass is 16.5. The van der Waals surface area contributed by atoms with E-state index in [9.17, 15) is 0 Å². The Bertz CT molecular complexity index is 577. The third kappa shape index (κ3) is 2.70. The van der Waals surface area contributed by atoms with E-state index in [4.69, 9.17) is 4.74 Å². The van der Waals surface area contributed by atoms with Crippen molar-refractivity contribution < 1.29 is 4.74 Å². The van der Waals surface area contributed by atoms with E-state index in [1.54, 1.807) is 0 Å². The molecule has 0 saturated carbocycles. The first kappa shape index (κ1) is 13.2. The Kier molecular flexibility index (Phi) is 3.75. The van der Waals surface area contributed by atoms with Crippen LogP contribution in [-0.2, 0) is 6.42 Å². The number of hydrogen-bond acceptors (Lipinski definition) is 2. The summed E-state index contributed by atoms with van der Waals surface area (Å²) < 4.78 is 5.84. The van der Waals surface area contributed by atoms with Gasteiger partial charge < -0.3 is 10.1 Å². The van der Waals surface area contributed by atoms with Crippen LogP contribution in [0.15, 0.2) is 48.5 Å². The molecule has 0 bridgehead atoms. The summed E-state index contributed by atoms with van der Waals surface area (Å²) in [5, 5.41) is 3.62. The predicted octanol–water partition coefficient (Wildman–Crippen LogP) is 3.71. The minimum absolute atomic E-state index is 0.208. The Morgan fingerprint density at radius 1 is 1.10 bits per heavy atom. The molecule has 1 aliphatic rings. The van der Waals surface area contributed by atoms with Crippen LogP contribution in [0.3, 0.4) is 0 Å². The maximum Gasteiger partial charge on any atom is 0.120 e. The average molecular weight is 267 g/mol. The van der Waals surface area contributed by atoms with Crippen molar-refractivity contribution in [2.24, 2.45) is 0 Å². The van der Waals surface area contributed by atoms with E-state index in [0.29, 0.717) is 0 Å². The van der Waals surface area contributed by atoms with Gasteiger partial charge in [-0.2, -0.15) is 0 Å². The van der Waals surface area contributed by atoms with Crippen molar-refractivity contribution in [1.29, 1.82) is 0 Å². The predicted molar refractivity (Wildman–Crippen MR) is 82.2 cm³/mol. The quantitative estimate of drug-likeness (QED) is 0.915. The van der Waals surface area contributed by atoms with Gasteiger partial charge in [-0.15, -0.1) is 0 Å². The Labute approximate surface area is 120 Å². The number of hydrogen-bond donors (Lipinski definition) is 1. The first-order valence-corrected chi connectivity index (χ1v) is 7.32. The standard InChI is InChI=1S/C18H21NO/c1-13(2)20-16-9-8-14-10-11-19-18(17(14)12-16)15-6-4-3-5-7-15/h3-9,12-13,18-19H,10-11H2,1-2H3. The molecule has 0 aromatic heterocycles. The van der Waals surface area contributed by atoms with E-state index in [0.717, 1.165) is 18.7 Å². The van der Waals surface area contributed by atoms with Gasteiger partial charge in [-0.1, -0.05) is 36.4 Å². The van der Waals surface area contributed by atoms with Crippen molar-refractivity contribution in [3.05, 3.63) is 65.2 Å². The number of benzene rings is 2. The maximum absolute atomic E-state index is 5.84. The fourth-order valence-corrected chi connectivity index (χ4v) is 2.82. The summed E-state index contributed by atoms with van der Waals surface area (Å²) in [4.78, 5) is 0. The number of ether oxygens (including phenoxy) is 1. The zero-order valence-electron chi connectivity index (χ0n) is 12.1. The topological polar surface area (TPSA) is 21.3 Å². The van der Waals surface area contributed by atoms with Crippen LogP contribution in [0, 0.1) is 0 Å². The molecule has 0 amide bonds. The van der Waals surface area contributed by atoms with Gasteiger partial charge in [0.25, 0.3) is 0 Å². The first-order valence-electron chi connectivity index (χ1n) is 7.32. The van der Waals surface area contributed by atoms with Gasteiger partial charge in [0.1, 0.15) is 5.75 Å². The van der Waals surface area contributed by atoms with Gasteiger partial charge in [-0.3, -0.25) is 0 Å². The van der Waals surface area contributed by atoms with Crippen molar-refractivity contribution in [2.75, 3.05) is 6.54 Å². The number of rotatable bonds is 3. The normalized spacial score (nSPS) is 17.9. The SMILES string of the molecule is CC(C)Oc1ccc2c(c1)C(c1ccccc1)NCC2. The Morgan fingerprint density at radius 2 is 1.90 bits per heavy atom. The largest absolute Gasteiger partial charge is 0.491 e. The third-order valence-corrected chi connectivity index (χ3v) is 3.68. The highest BCUT2D eigenvalue weighted by Gasteiger charge is 2.21. The molecule has 2 heteroatoms. The molecule has 1 N–H and O–H groups in total. The summed E-state index contributed by atoms with van der Waals surface area (Å²) in [7, 11) is 0. The molecule has 1 aliphatic heterocycles. The molecule has 0 aliphatic carbocycles. The molecule has 0 radical (unpaired) electrons. The zero-order chi connectivity index (χ0) is 13.9. The summed E-state index contributed by atoms with van der Waals surface area (Å²) in [6.45, 7) is 5.15. The molecule has 1 unspecified atom stereocenters. The van der Waals surface area contributed by atoms with E-state index >= 15 is 0 Å². The van der Waals surface area contributed by atoms with E-state index in [-0.39, 0.29) is 12.1 Å². The lowest BCUT2D eigenvalue weighted by Gasteiger charge is -2.28. The van der Waals surface area contributed by atoms with Crippen molar-refractivity contribution in [3.8, 4) is 5.75 Å². The van der Waals surface area contributed by atoms with Crippen LogP contribution in [0.5, 0.6) is 5.75 Å². The smallest absolute Gasteiger partial charge is 0.120 e. The average Bonchev–Trinajstić information content (AvgIpc) is 2.47.